The zero-order chi connectivity index (χ0) is 24.3. The minimum Gasteiger partial charge on any atom is -0.493 e. The number of rotatable bonds is 8. The molecule has 0 bridgehead atoms. The summed E-state index contributed by atoms with van der Waals surface area (Å²) >= 11 is 0. The number of ether oxygens (including phenoxy) is 2. The first kappa shape index (κ1) is 24.2. The van der Waals surface area contributed by atoms with Crippen molar-refractivity contribution in [3.63, 3.8) is 0 Å². The van der Waals surface area contributed by atoms with Gasteiger partial charge in [0.05, 0.1) is 31.2 Å². The van der Waals surface area contributed by atoms with E-state index in [1.54, 1.807) is 12.1 Å². The van der Waals surface area contributed by atoms with Gasteiger partial charge in [-0.25, -0.2) is 18.5 Å². The molecule has 0 saturated carbocycles. The highest BCUT2D eigenvalue weighted by atomic mass is 32.2. The number of hydrogen-bond donors (Lipinski definition) is 1. The number of amides is 3. The van der Waals surface area contributed by atoms with Gasteiger partial charge in [-0.1, -0.05) is 6.07 Å². The molecule has 1 atom stereocenters. The van der Waals surface area contributed by atoms with Crippen LogP contribution in [-0.4, -0.2) is 57.8 Å². The van der Waals surface area contributed by atoms with Gasteiger partial charge in [-0.3, -0.25) is 14.4 Å². The van der Waals surface area contributed by atoms with Gasteiger partial charge in [0.2, 0.25) is 21.8 Å². The Balaban J connectivity index is 1.78. The Bertz CT molecular complexity index is 1180. The van der Waals surface area contributed by atoms with Crippen molar-refractivity contribution >= 4 is 33.4 Å². The molecule has 0 aliphatic carbocycles. The lowest BCUT2D eigenvalue weighted by Crippen LogP contribution is -2.45. The van der Waals surface area contributed by atoms with Crippen molar-refractivity contribution in [3.05, 3.63) is 48.0 Å². The van der Waals surface area contributed by atoms with Gasteiger partial charge in [-0.2, -0.15) is 0 Å². The van der Waals surface area contributed by atoms with E-state index in [0.29, 0.717) is 17.9 Å². The summed E-state index contributed by atoms with van der Waals surface area (Å²) in [5.74, 6) is -0.249. The summed E-state index contributed by atoms with van der Waals surface area (Å²) in [6.07, 6.45) is 0.266. The Hall–Kier alpha value is -3.44. The average Bonchev–Trinajstić information content (AvgIpc) is 3.06. The molecule has 2 aromatic rings. The molecule has 2 aromatic carbocycles. The van der Waals surface area contributed by atoms with Crippen LogP contribution in [0.5, 0.6) is 11.5 Å². The predicted octanol–water partition coefficient (Wildman–Crippen LogP) is 1.07. The summed E-state index contributed by atoms with van der Waals surface area (Å²) in [5.41, 5.74) is 1.08. The molecule has 0 spiro atoms. The fourth-order valence-electron chi connectivity index (χ4n) is 3.73. The zero-order valence-electron chi connectivity index (χ0n) is 18.5. The number of hydrogen-bond acceptors (Lipinski definition) is 7. The number of carbonyl (C=O) groups excluding carboxylic acids is 3. The van der Waals surface area contributed by atoms with E-state index in [9.17, 15) is 22.8 Å². The number of nitrogens with zero attached hydrogens (tertiary/aromatic N) is 2. The molecular weight excluding hydrogens is 450 g/mol. The van der Waals surface area contributed by atoms with Crippen molar-refractivity contribution in [1.82, 2.24) is 4.90 Å². The summed E-state index contributed by atoms with van der Waals surface area (Å²) in [6.45, 7) is 1.56. The van der Waals surface area contributed by atoms with Gasteiger partial charge >= 0.3 is 0 Å². The highest BCUT2D eigenvalue weighted by molar-refractivity contribution is 7.89. The largest absolute Gasteiger partial charge is 0.493 e. The molecule has 1 aliphatic rings. The smallest absolute Gasteiger partial charge is 0.257 e. The molecule has 1 aliphatic heterocycles. The van der Waals surface area contributed by atoms with E-state index in [1.807, 2.05) is 6.07 Å². The Kier molecular flexibility index (Phi) is 7.04. The number of sulfonamides is 1. The van der Waals surface area contributed by atoms with Crippen LogP contribution in [0.2, 0.25) is 0 Å². The third kappa shape index (κ3) is 5.15. The van der Waals surface area contributed by atoms with Crippen LogP contribution in [0.25, 0.3) is 0 Å². The predicted molar refractivity (Wildman–Crippen MR) is 119 cm³/mol. The molecule has 33 heavy (non-hydrogen) atoms. The number of carbonyl (C=O) groups is 3. The van der Waals surface area contributed by atoms with E-state index in [-0.39, 0.29) is 29.5 Å². The number of benzene rings is 2. The van der Waals surface area contributed by atoms with Gasteiger partial charge in [-0.05, 0) is 48.4 Å². The third-order valence-corrected chi connectivity index (χ3v) is 6.35. The minimum absolute atomic E-state index is 0.137. The second-order valence-corrected chi connectivity index (χ2v) is 9.04. The quantitative estimate of drug-likeness (QED) is 0.564. The Morgan fingerprint density at radius 2 is 1.73 bits per heavy atom. The minimum atomic E-state index is -3.91. The number of anilines is 1. The normalized spacial score (nSPS) is 16.1. The Labute approximate surface area is 191 Å². The molecule has 2 N–H and O–H groups in total. The standard InChI is InChI=1S/C22H25N3O7S/c1-14(26)24(11-10-15-4-9-19(31-2)20(12-15)32-3)18-13-21(27)25(22(18)28)16-5-7-17(8-6-16)33(23,29)30/h4-9,12,18H,10-11,13H2,1-3H3,(H2,23,29,30). The van der Waals surface area contributed by atoms with Crippen LogP contribution >= 0.6 is 0 Å². The Morgan fingerprint density at radius 1 is 1.09 bits per heavy atom. The molecule has 1 fully saturated rings. The van der Waals surface area contributed by atoms with Crippen LogP contribution in [0.15, 0.2) is 47.4 Å². The topological polar surface area (TPSA) is 136 Å². The van der Waals surface area contributed by atoms with Crippen molar-refractivity contribution in [3.8, 4) is 11.5 Å². The molecule has 10 nitrogen and oxygen atoms in total. The first-order valence-corrected chi connectivity index (χ1v) is 11.6. The third-order valence-electron chi connectivity index (χ3n) is 5.42. The van der Waals surface area contributed by atoms with Gasteiger partial charge < -0.3 is 14.4 Å². The fourth-order valence-corrected chi connectivity index (χ4v) is 4.25. The van der Waals surface area contributed by atoms with Crippen molar-refractivity contribution in [2.24, 2.45) is 5.14 Å². The maximum atomic E-state index is 13.1. The van der Waals surface area contributed by atoms with E-state index in [2.05, 4.69) is 0 Å². The maximum absolute atomic E-state index is 13.1. The molecule has 176 valence electrons. The lowest BCUT2D eigenvalue weighted by Gasteiger charge is -2.26. The van der Waals surface area contributed by atoms with Crippen LogP contribution in [0.4, 0.5) is 5.69 Å². The molecule has 0 aromatic heterocycles. The summed E-state index contributed by atoms with van der Waals surface area (Å²) in [7, 11) is -0.849. The van der Waals surface area contributed by atoms with Crippen LogP contribution in [-0.2, 0) is 30.8 Å². The van der Waals surface area contributed by atoms with Crippen LogP contribution in [0.3, 0.4) is 0 Å². The number of primary sulfonamides is 1. The monoisotopic (exact) mass is 475 g/mol. The lowest BCUT2D eigenvalue weighted by atomic mass is 10.1. The summed E-state index contributed by atoms with van der Waals surface area (Å²) < 4.78 is 33.4. The number of methoxy groups -OCH3 is 2. The molecule has 3 amide bonds. The van der Waals surface area contributed by atoms with Gasteiger partial charge in [0, 0.05) is 13.5 Å². The molecule has 1 saturated heterocycles. The van der Waals surface area contributed by atoms with Crippen molar-refractivity contribution < 1.29 is 32.3 Å². The van der Waals surface area contributed by atoms with E-state index in [4.69, 9.17) is 14.6 Å². The SMILES string of the molecule is COc1ccc(CCN(C(C)=O)C2CC(=O)N(c3ccc(S(N)(=O)=O)cc3)C2=O)cc1OC. The van der Waals surface area contributed by atoms with E-state index in [0.717, 1.165) is 10.5 Å². The lowest BCUT2D eigenvalue weighted by molar-refractivity contribution is -0.136. The molecule has 1 heterocycles. The van der Waals surface area contributed by atoms with Crippen molar-refractivity contribution in [2.75, 3.05) is 25.7 Å². The van der Waals surface area contributed by atoms with E-state index >= 15 is 0 Å². The summed E-state index contributed by atoms with van der Waals surface area (Å²) in [4.78, 5) is 40.2. The number of nitrogens with two attached hydrogens (primary N) is 1. The average molecular weight is 476 g/mol. The molecule has 1 unspecified atom stereocenters. The molecule has 11 heteroatoms. The molecule has 0 radical (unpaired) electrons. The highest BCUT2D eigenvalue weighted by Gasteiger charge is 2.43. The first-order chi connectivity index (χ1) is 15.6. The highest BCUT2D eigenvalue weighted by Crippen LogP contribution is 2.29. The first-order valence-electron chi connectivity index (χ1n) is 10.0. The van der Waals surface area contributed by atoms with E-state index in [1.165, 1.54) is 50.3 Å². The Morgan fingerprint density at radius 3 is 2.27 bits per heavy atom. The maximum Gasteiger partial charge on any atom is 0.257 e. The second-order valence-electron chi connectivity index (χ2n) is 7.48. The van der Waals surface area contributed by atoms with Gasteiger partial charge in [-0.15, -0.1) is 0 Å². The molecule has 3 rings (SSSR count). The van der Waals surface area contributed by atoms with Crippen LogP contribution < -0.4 is 19.5 Å². The van der Waals surface area contributed by atoms with Crippen LogP contribution in [0.1, 0.15) is 18.9 Å². The van der Waals surface area contributed by atoms with Gasteiger partial charge in [0.25, 0.3) is 5.91 Å². The van der Waals surface area contributed by atoms with Gasteiger partial charge in [0.1, 0.15) is 6.04 Å². The zero-order valence-corrected chi connectivity index (χ0v) is 19.3. The second kappa shape index (κ2) is 9.59. The van der Waals surface area contributed by atoms with Crippen molar-refractivity contribution in [1.29, 1.82) is 0 Å². The fraction of sp³-hybridized carbons (Fsp3) is 0.318. The molecular formula is C22H25N3O7S. The van der Waals surface area contributed by atoms with Gasteiger partial charge in [0.15, 0.2) is 11.5 Å². The summed E-state index contributed by atoms with van der Waals surface area (Å²) in [6, 6.07) is 9.53. The van der Waals surface area contributed by atoms with E-state index < -0.39 is 27.9 Å². The summed E-state index contributed by atoms with van der Waals surface area (Å²) in [5, 5.41) is 5.09. The van der Waals surface area contributed by atoms with Crippen LogP contribution in [0, 0.1) is 0 Å². The number of imide groups is 1. The van der Waals surface area contributed by atoms with Crippen molar-refractivity contribution in [2.45, 2.75) is 30.7 Å².